The molecule has 0 radical (unpaired) electrons. The van der Waals surface area contributed by atoms with Crippen LogP contribution in [0.1, 0.15) is 73.3 Å². The molecule has 0 atom stereocenters. The summed E-state index contributed by atoms with van der Waals surface area (Å²) < 4.78 is 55.3. The zero-order chi connectivity index (χ0) is 48.7. The van der Waals surface area contributed by atoms with Crippen molar-refractivity contribution < 1.29 is 52.2 Å². The Balaban J connectivity index is 1.09. The lowest BCUT2D eigenvalue weighted by atomic mass is 10.1. The van der Waals surface area contributed by atoms with Crippen molar-refractivity contribution in [2.24, 2.45) is 10.7 Å². The molecule has 1 aromatic carbocycles. The Hall–Kier alpha value is -2.88. The molecule has 1 aliphatic rings. The van der Waals surface area contributed by atoms with Crippen molar-refractivity contribution in [3.8, 4) is 0 Å². The molecule has 2 N–H and O–H groups in total. The second-order valence-corrected chi connectivity index (χ2v) is 18.1. The minimum atomic E-state index is 0.0320. The van der Waals surface area contributed by atoms with Crippen molar-refractivity contribution in [3.63, 3.8) is 0 Å². The number of nitrogens with two attached hydrogens (primary N) is 1. The largest absolute Gasteiger partial charge is 0.387 e. The van der Waals surface area contributed by atoms with Gasteiger partial charge in [-0.15, -0.1) is 11.3 Å². The number of carbonyl (C=O) groups is 1. The van der Waals surface area contributed by atoms with Gasteiger partial charge in [-0.1, -0.05) is 44.5 Å². The molecule has 16 nitrogen and oxygen atoms in total. The third kappa shape index (κ3) is 29.3. The normalized spacial score (nSPS) is 12.8. The second kappa shape index (κ2) is 39.8. The highest BCUT2D eigenvalue weighted by Gasteiger charge is 2.23. The van der Waals surface area contributed by atoms with Gasteiger partial charge in [-0.05, 0) is 83.1 Å². The van der Waals surface area contributed by atoms with Crippen LogP contribution in [0.4, 0.5) is 5.69 Å². The van der Waals surface area contributed by atoms with E-state index in [0.29, 0.717) is 156 Å². The van der Waals surface area contributed by atoms with E-state index in [0.717, 1.165) is 80.9 Å². The average molecular weight is 978 g/mol. The quantitative estimate of drug-likeness (QED) is 0.0744. The number of aliphatic imine (C=N–C) groups is 1. The first-order valence-corrected chi connectivity index (χ1v) is 25.7. The van der Waals surface area contributed by atoms with E-state index in [1.54, 1.807) is 11.3 Å². The number of nitrogens with zero attached hydrogens (tertiary/aromatic N) is 4. The molecule has 1 aromatic heterocycles. The van der Waals surface area contributed by atoms with Gasteiger partial charge >= 0.3 is 0 Å². The van der Waals surface area contributed by atoms with Gasteiger partial charge in [0.05, 0.1) is 136 Å². The first kappa shape index (κ1) is 59.4. The number of unbranched alkanes of at least 4 members (excludes halogenated alkanes) is 2. The molecular weight excluding hydrogens is 891 g/mol. The zero-order valence-electron chi connectivity index (χ0n) is 42.4. The number of hydrogen-bond acceptors (Lipinski definition) is 16. The summed E-state index contributed by atoms with van der Waals surface area (Å²) in [5.74, 6) is 0.515. The van der Waals surface area contributed by atoms with E-state index < -0.39 is 0 Å². The number of aryl methyl sites for hydroxylation is 1. The van der Waals surface area contributed by atoms with Crippen molar-refractivity contribution in [2.75, 3.05) is 173 Å². The number of fused-ring (bicyclic) bond motifs is 1. The number of ether oxygens (including phenoxy) is 10. The summed E-state index contributed by atoms with van der Waals surface area (Å²) in [7, 11) is 6.27. The molecule has 0 fully saturated rings. The standard InChI is InChI=1S/C51H87N5O11S/c1-6-16-56(43-45-14-12-44(13-15-45)42-54(3)4)51(57)46-39-49-48(53-50(52)40-46)41-47(68-49)11-9-8-10-17-55(5)18-20-59-22-24-61-26-28-63-30-32-65-34-36-67-38-37-66-35-33-64-31-29-62-27-25-60-23-21-58-19-7-2/h12-15,39,41H,6-11,16-38,40,42-43H2,1-5H3,(H2,52,53). The fraction of sp³-hybridized carbons (Fsp3) is 0.725. The van der Waals surface area contributed by atoms with Gasteiger partial charge < -0.3 is 67.8 Å². The molecule has 17 heteroatoms. The maximum absolute atomic E-state index is 13.9. The number of carbonyl (C=O) groups excluding carboxylic acids is 1. The molecule has 388 valence electrons. The molecule has 0 saturated heterocycles. The average Bonchev–Trinajstić information content (AvgIpc) is 3.62. The summed E-state index contributed by atoms with van der Waals surface area (Å²) >= 11 is 1.73. The molecule has 0 spiro atoms. The van der Waals surface area contributed by atoms with Crippen molar-refractivity contribution in [1.82, 2.24) is 14.7 Å². The highest BCUT2D eigenvalue weighted by molar-refractivity contribution is 7.13. The van der Waals surface area contributed by atoms with Crippen molar-refractivity contribution in [3.05, 3.63) is 56.8 Å². The van der Waals surface area contributed by atoms with E-state index in [2.05, 4.69) is 75.1 Å². The van der Waals surface area contributed by atoms with E-state index in [9.17, 15) is 4.79 Å². The van der Waals surface area contributed by atoms with E-state index in [4.69, 9.17) is 58.1 Å². The molecule has 0 unspecified atom stereocenters. The predicted octanol–water partition coefficient (Wildman–Crippen LogP) is 6.24. The lowest BCUT2D eigenvalue weighted by Crippen LogP contribution is -2.33. The third-order valence-corrected chi connectivity index (χ3v) is 11.6. The number of rotatable bonds is 45. The minimum absolute atomic E-state index is 0.0320. The number of amidine groups is 1. The summed E-state index contributed by atoms with van der Waals surface area (Å²) in [5.41, 5.74) is 10.3. The van der Waals surface area contributed by atoms with Gasteiger partial charge in [-0.2, -0.15) is 0 Å². The van der Waals surface area contributed by atoms with E-state index in [1.165, 1.54) is 10.4 Å². The van der Waals surface area contributed by atoms with Gasteiger partial charge in [0.15, 0.2) is 0 Å². The highest BCUT2D eigenvalue weighted by Crippen LogP contribution is 2.35. The van der Waals surface area contributed by atoms with Crippen LogP contribution in [0.25, 0.3) is 6.08 Å². The molecule has 0 bridgehead atoms. The van der Waals surface area contributed by atoms with Crippen LogP contribution < -0.4 is 5.73 Å². The van der Waals surface area contributed by atoms with Gasteiger partial charge in [0.1, 0.15) is 5.84 Å². The monoisotopic (exact) mass is 978 g/mol. The number of amides is 1. The topological polar surface area (TPSA) is 157 Å². The first-order valence-electron chi connectivity index (χ1n) is 24.9. The smallest absolute Gasteiger partial charge is 0.250 e. The lowest BCUT2D eigenvalue weighted by Gasteiger charge is -2.24. The summed E-state index contributed by atoms with van der Waals surface area (Å²) in [4.78, 5) is 27.3. The lowest BCUT2D eigenvalue weighted by molar-refractivity contribution is -0.127. The maximum atomic E-state index is 13.9. The summed E-state index contributed by atoms with van der Waals surface area (Å²) in [6.45, 7) is 19.3. The molecule has 1 amide bonds. The Morgan fingerprint density at radius 3 is 1.49 bits per heavy atom. The van der Waals surface area contributed by atoms with Crippen LogP contribution in [0.2, 0.25) is 0 Å². The number of likely N-dealkylation sites (N-methyl/N-ethyl adjacent to an activating group) is 1. The van der Waals surface area contributed by atoms with Crippen molar-refractivity contribution in [1.29, 1.82) is 0 Å². The van der Waals surface area contributed by atoms with Gasteiger partial charge in [0.2, 0.25) is 0 Å². The van der Waals surface area contributed by atoms with Crippen molar-refractivity contribution >= 4 is 34.8 Å². The van der Waals surface area contributed by atoms with Gasteiger partial charge in [0, 0.05) is 49.7 Å². The molecule has 2 aromatic rings. The molecular formula is C51H87N5O11S. The number of hydrogen-bond donors (Lipinski definition) is 1. The summed E-state index contributed by atoms with van der Waals surface area (Å²) in [6, 6.07) is 10.7. The molecule has 1 aliphatic heterocycles. The molecule has 2 heterocycles. The molecule has 0 aliphatic carbocycles. The number of thiophene rings is 1. The van der Waals surface area contributed by atoms with Crippen LogP contribution >= 0.6 is 11.3 Å². The maximum Gasteiger partial charge on any atom is 0.250 e. The summed E-state index contributed by atoms with van der Waals surface area (Å²) in [6.07, 6.45) is 8.63. The van der Waals surface area contributed by atoms with Crippen LogP contribution in [0.3, 0.4) is 0 Å². The highest BCUT2D eigenvalue weighted by atomic mass is 32.1. The van der Waals surface area contributed by atoms with Gasteiger partial charge in [0.25, 0.3) is 5.91 Å². The Labute approximate surface area is 412 Å². The Kier molecular flexibility index (Phi) is 34.8. The zero-order valence-corrected chi connectivity index (χ0v) is 43.2. The van der Waals surface area contributed by atoms with E-state index in [1.807, 2.05) is 11.0 Å². The third-order valence-electron chi connectivity index (χ3n) is 10.5. The van der Waals surface area contributed by atoms with Crippen LogP contribution in [-0.4, -0.2) is 199 Å². The van der Waals surface area contributed by atoms with Crippen LogP contribution in [0.5, 0.6) is 0 Å². The van der Waals surface area contributed by atoms with E-state index in [-0.39, 0.29) is 5.91 Å². The minimum Gasteiger partial charge on any atom is -0.387 e. The Morgan fingerprint density at radius 1 is 0.574 bits per heavy atom. The number of benzene rings is 1. The van der Waals surface area contributed by atoms with Crippen molar-refractivity contribution in [2.45, 2.75) is 71.9 Å². The summed E-state index contributed by atoms with van der Waals surface area (Å²) in [5, 5.41) is 0. The molecule has 0 saturated carbocycles. The molecule has 3 rings (SSSR count). The fourth-order valence-corrected chi connectivity index (χ4v) is 8.08. The first-order chi connectivity index (χ1) is 33.3. The van der Waals surface area contributed by atoms with E-state index >= 15 is 0 Å². The fourth-order valence-electron chi connectivity index (χ4n) is 6.97. The Bertz CT molecular complexity index is 1610. The van der Waals surface area contributed by atoms with Crippen LogP contribution in [-0.2, 0) is 71.7 Å². The SMILES string of the molecule is CCCOCCOCCOCCOCCOCCOCCOCCOCCOCCOCCN(C)CCCCCc1cc2c(s1)C=C(C(=O)N(CCC)Cc1ccc(CN(C)C)cc1)CC(N)=N2. The van der Waals surface area contributed by atoms with Gasteiger partial charge in [-0.25, -0.2) is 4.99 Å². The molecule has 68 heavy (non-hydrogen) atoms. The van der Waals surface area contributed by atoms with Crippen LogP contribution in [0.15, 0.2) is 40.9 Å². The van der Waals surface area contributed by atoms with Gasteiger partial charge in [-0.3, -0.25) is 4.79 Å². The predicted molar refractivity (Wildman–Crippen MR) is 271 cm³/mol. The Morgan fingerprint density at radius 2 is 1.03 bits per heavy atom. The van der Waals surface area contributed by atoms with Crippen LogP contribution in [0, 0.1) is 0 Å². The second-order valence-electron chi connectivity index (χ2n) is 16.9.